The van der Waals surface area contributed by atoms with Gasteiger partial charge in [-0.05, 0) is 18.6 Å². The molecule has 0 radical (unpaired) electrons. The molecule has 1 heterocycles. The summed E-state index contributed by atoms with van der Waals surface area (Å²) >= 11 is 0. The highest BCUT2D eigenvalue weighted by Crippen LogP contribution is 2.20. The second-order valence-corrected chi connectivity index (χ2v) is 4.34. The van der Waals surface area contributed by atoms with Gasteiger partial charge in [0.25, 0.3) is 5.91 Å². The molecule has 1 fully saturated rings. The average molecular weight is 277 g/mol. The minimum Gasteiger partial charge on any atom is -0.484 e. The number of carbonyl (C=O) groups excluding carboxylic acids is 3. The number of nitrogens with zero attached hydrogens (tertiary/aromatic N) is 1. The van der Waals surface area contributed by atoms with E-state index in [0.29, 0.717) is 12.2 Å². The number of amides is 2. The molecule has 1 saturated heterocycles. The maximum absolute atomic E-state index is 12.0. The molecule has 1 atom stereocenters. The smallest absolute Gasteiger partial charge is 0.329 e. The van der Waals surface area contributed by atoms with Crippen LogP contribution >= 0.6 is 0 Å². The summed E-state index contributed by atoms with van der Waals surface area (Å²) in [7, 11) is 1.23. The molecule has 1 unspecified atom stereocenters. The SMILES string of the molecule is COC(=O)C1CCC(=O)N1C(=O)COc1ccccc1. The largest absolute Gasteiger partial charge is 0.484 e. The Kier molecular flexibility index (Phi) is 4.34. The van der Waals surface area contributed by atoms with Crippen LogP contribution in [0.1, 0.15) is 12.8 Å². The van der Waals surface area contributed by atoms with Crippen LogP contribution in [0.3, 0.4) is 0 Å². The van der Waals surface area contributed by atoms with Crippen LogP contribution in [-0.2, 0) is 19.1 Å². The van der Waals surface area contributed by atoms with E-state index in [-0.39, 0.29) is 18.9 Å². The lowest BCUT2D eigenvalue weighted by molar-refractivity contribution is -0.156. The Morgan fingerprint density at radius 3 is 2.65 bits per heavy atom. The van der Waals surface area contributed by atoms with Crippen LogP contribution < -0.4 is 4.74 Å². The summed E-state index contributed by atoms with van der Waals surface area (Å²) in [5.74, 6) is -0.958. The number of hydrogen-bond acceptors (Lipinski definition) is 5. The van der Waals surface area contributed by atoms with Gasteiger partial charge >= 0.3 is 5.97 Å². The lowest BCUT2D eigenvalue weighted by Crippen LogP contribution is -2.45. The molecule has 1 aromatic rings. The summed E-state index contributed by atoms with van der Waals surface area (Å²) in [6.07, 6.45) is 0.458. The second-order valence-electron chi connectivity index (χ2n) is 4.34. The molecule has 6 heteroatoms. The van der Waals surface area contributed by atoms with E-state index in [4.69, 9.17) is 4.74 Å². The van der Waals surface area contributed by atoms with Gasteiger partial charge in [0.15, 0.2) is 6.61 Å². The molecule has 0 aromatic heterocycles. The monoisotopic (exact) mass is 277 g/mol. The van der Waals surface area contributed by atoms with Gasteiger partial charge in [0.2, 0.25) is 5.91 Å². The van der Waals surface area contributed by atoms with Gasteiger partial charge in [0.05, 0.1) is 7.11 Å². The average Bonchev–Trinajstić information content (AvgIpc) is 2.87. The van der Waals surface area contributed by atoms with Crippen molar-refractivity contribution in [1.82, 2.24) is 4.90 Å². The van der Waals surface area contributed by atoms with Crippen molar-refractivity contribution in [2.75, 3.05) is 13.7 Å². The van der Waals surface area contributed by atoms with E-state index in [9.17, 15) is 14.4 Å². The Labute approximate surface area is 116 Å². The van der Waals surface area contributed by atoms with E-state index in [2.05, 4.69) is 4.74 Å². The van der Waals surface area contributed by atoms with Gasteiger partial charge in [0.1, 0.15) is 11.8 Å². The van der Waals surface area contributed by atoms with Gasteiger partial charge in [-0.15, -0.1) is 0 Å². The van der Waals surface area contributed by atoms with E-state index in [1.54, 1.807) is 24.3 Å². The van der Waals surface area contributed by atoms with Crippen LogP contribution in [0.2, 0.25) is 0 Å². The highest BCUT2D eigenvalue weighted by Gasteiger charge is 2.40. The van der Waals surface area contributed by atoms with E-state index in [1.165, 1.54) is 7.11 Å². The Balaban J connectivity index is 2.00. The summed E-state index contributed by atoms with van der Waals surface area (Å²) in [5.41, 5.74) is 0. The number of ether oxygens (including phenoxy) is 2. The molecule has 20 heavy (non-hydrogen) atoms. The first-order valence-electron chi connectivity index (χ1n) is 6.24. The molecule has 0 aliphatic carbocycles. The minimum absolute atomic E-state index is 0.164. The highest BCUT2D eigenvalue weighted by molar-refractivity contribution is 6.02. The van der Waals surface area contributed by atoms with Crippen LogP contribution in [0, 0.1) is 0 Å². The Morgan fingerprint density at radius 1 is 1.30 bits per heavy atom. The molecular formula is C14H15NO5. The van der Waals surface area contributed by atoms with E-state index >= 15 is 0 Å². The molecule has 1 aliphatic rings. The number of imide groups is 1. The standard InChI is InChI=1S/C14H15NO5/c1-19-14(18)11-7-8-12(16)15(11)13(17)9-20-10-5-3-2-4-6-10/h2-6,11H,7-9H2,1H3. The van der Waals surface area contributed by atoms with Crippen molar-refractivity contribution in [2.45, 2.75) is 18.9 Å². The maximum atomic E-state index is 12.0. The predicted octanol–water partition coefficient (Wildman–Crippen LogP) is 0.756. The molecule has 0 spiro atoms. The summed E-state index contributed by atoms with van der Waals surface area (Å²) in [5, 5.41) is 0. The minimum atomic E-state index is -0.834. The fourth-order valence-corrected chi connectivity index (χ4v) is 2.09. The maximum Gasteiger partial charge on any atom is 0.329 e. The van der Waals surface area contributed by atoms with Crippen molar-refractivity contribution in [1.29, 1.82) is 0 Å². The zero-order chi connectivity index (χ0) is 14.5. The quantitative estimate of drug-likeness (QED) is 0.760. The topological polar surface area (TPSA) is 72.9 Å². The zero-order valence-corrected chi connectivity index (χ0v) is 11.1. The normalized spacial score (nSPS) is 17.9. The summed E-state index contributed by atoms with van der Waals surface area (Å²) in [6.45, 7) is -0.288. The lowest BCUT2D eigenvalue weighted by Gasteiger charge is -2.20. The third kappa shape index (κ3) is 2.96. The molecule has 1 aliphatic heterocycles. The fourth-order valence-electron chi connectivity index (χ4n) is 2.09. The van der Waals surface area contributed by atoms with Crippen molar-refractivity contribution in [3.8, 4) is 5.75 Å². The van der Waals surface area contributed by atoms with Crippen molar-refractivity contribution in [3.63, 3.8) is 0 Å². The van der Waals surface area contributed by atoms with Gasteiger partial charge in [0, 0.05) is 6.42 Å². The number of methoxy groups -OCH3 is 1. The Bertz CT molecular complexity index is 514. The number of carbonyl (C=O) groups is 3. The van der Waals surface area contributed by atoms with Crippen molar-refractivity contribution in [2.24, 2.45) is 0 Å². The molecule has 0 N–H and O–H groups in total. The molecule has 2 rings (SSSR count). The van der Waals surface area contributed by atoms with E-state index in [0.717, 1.165) is 4.90 Å². The number of para-hydroxylation sites is 1. The molecule has 106 valence electrons. The molecule has 0 saturated carbocycles. The first-order valence-corrected chi connectivity index (χ1v) is 6.24. The van der Waals surface area contributed by atoms with Crippen molar-refractivity contribution in [3.05, 3.63) is 30.3 Å². The molecule has 6 nitrogen and oxygen atoms in total. The van der Waals surface area contributed by atoms with Gasteiger partial charge in [-0.2, -0.15) is 0 Å². The summed E-state index contributed by atoms with van der Waals surface area (Å²) < 4.78 is 9.89. The van der Waals surface area contributed by atoms with E-state index in [1.807, 2.05) is 6.07 Å². The molecular weight excluding hydrogens is 262 g/mol. The van der Waals surface area contributed by atoms with Crippen LogP contribution in [-0.4, -0.2) is 42.4 Å². The predicted molar refractivity (Wildman–Crippen MR) is 68.8 cm³/mol. The molecule has 2 amide bonds. The zero-order valence-electron chi connectivity index (χ0n) is 11.1. The van der Waals surface area contributed by atoms with Crippen LogP contribution in [0.25, 0.3) is 0 Å². The van der Waals surface area contributed by atoms with Gasteiger partial charge in [-0.25, -0.2) is 4.79 Å². The number of benzene rings is 1. The second kappa shape index (κ2) is 6.18. The molecule has 0 bridgehead atoms. The van der Waals surface area contributed by atoms with Crippen LogP contribution in [0.5, 0.6) is 5.75 Å². The molecule has 1 aromatic carbocycles. The fraction of sp³-hybridized carbons (Fsp3) is 0.357. The third-order valence-electron chi connectivity index (χ3n) is 3.06. The number of likely N-dealkylation sites (tertiary alicyclic amines) is 1. The highest BCUT2D eigenvalue weighted by atomic mass is 16.5. The Morgan fingerprint density at radius 2 is 2.00 bits per heavy atom. The van der Waals surface area contributed by atoms with E-state index < -0.39 is 17.9 Å². The summed E-state index contributed by atoms with van der Waals surface area (Å²) in [6, 6.07) is 7.95. The van der Waals surface area contributed by atoms with Gasteiger partial charge in [-0.1, -0.05) is 18.2 Å². The lowest BCUT2D eigenvalue weighted by atomic mass is 10.2. The van der Waals surface area contributed by atoms with Gasteiger partial charge < -0.3 is 9.47 Å². The number of esters is 1. The van der Waals surface area contributed by atoms with Crippen molar-refractivity contribution >= 4 is 17.8 Å². The Hall–Kier alpha value is -2.37. The van der Waals surface area contributed by atoms with Crippen molar-refractivity contribution < 1.29 is 23.9 Å². The third-order valence-corrected chi connectivity index (χ3v) is 3.06. The number of rotatable bonds is 4. The summed E-state index contributed by atoms with van der Waals surface area (Å²) in [4.78, 5) is 36.2. The first kappa shape index (κ1) is 14.0. The first-order chi connectivity index (χ1) is 9.63. The van der Waals surface area contributed by atoms with Crippen LogP contribution in [0.15, 0.2) is 30.3 Å². The number of hydrogen-bond donors (Lipinski definition) is 0. The van der Waals surface area contributed by atoms with Crippen LogP contribution in [0.4, 0.5) is 0 Å². The van der Waals surface area contributed by atoms with Gasteiger partial charge in [-0.3, -0.25) is 14.5 Å².